The van der Waals surface area contributed by atoms with E-state index in [4.69, 9.17) is 0 Å². The maximum Gasteiger partial charge on any atom is 0.446 e. The summed E-state index contributed by atoms with van der Waals surface area (Å²) < 4.78 is 38.4. The molecule has 122 valence electrons. The molecule has 0 saturated carbocycles. The minimum Gasteiger partial charge on any atom is -0.289 e. The summed E-state index contributed by atoms with van der Waals surface area (Å²) in [6.07, 6.45) is 6.11. The molecule has 0 aliphatic heterocycles. The number of carbonyl (C=O) groups is 1. The van der Waals surface area contributed by atoms with E-state index in [-0.39, 0.29) is 28.5 Å². The zero-order valence-corrected chi connectivity index (χ0v) is 13.4. The lowest BCUT2D eigenvalue weighted by Crippen LogP contribution is -2.00. The van der Waals surface area contributed by atoms with Crippen molar-refractivity contribution < 1.29 is 18.0 Å². The van der Waals surface area contributed by atoms with Crippen LogP contribution in [0.1, 0.15) is 35.8 Å². The van der Waals surface area contributed by atoms with Gasteiger partial charge in [-0.2, -0.15) is 18.3 Å². The first kappa shape index (κ1) is 17.3. The molecule has 23 heavy (non-hydrogen) atoms. The van der Waals surface area contributed by atoms with Crippen LogP contribution < -0.4 is 0 Å². The molecular formula is C16H15F3N2OS. The molecule has 0 atom stereocenters. The quantitative estimate of drug-likeness (QED) is 0.438. The van der Waals surface area contributed by atoms with Gasteiger partial charge in [0.2, 0.25) is 0 Å². The second-order valence-electron chi connectivity index (χ2n) is 5.12. The first-order chi connectivity index (χ1) is 10.7. The molecule has 0 N–H and O–H groups in total. The van der Waals surface area contributed by atoms with E-state index < -0.39 is 5.51 Å². The molecule has 2 aromatic rings. The van der Waals surface area contributed by atoms with Crippen molar-refractivity contribution in [2.24, 2.45) is 0 Å². The zero-order valence-electron chi connectivity index (χ0n) is 12.5. The average molecular weight is 340 g/mol. The number of hydrogen-bond acceptors (Lipinski definition) is 3. The summed E-state index contributed by atoms with van der Waals surface area (Å²) in [5.74, 6) is -0.203. The smallest absolute Gasteiger partial charge is 0.289 e. The van der Waals surface area contributed by atoms with Crippen LogP contribution in [0.15, 0.2) is 47.6 Å². The number of rotatable bonds is 5. The highest BCUT2D eigenvalue weighted by Gasteiger charge is 2.28. The van der Waals surface area contributed by atoms with Crippen LogP contribution in [0.25, 0.3) is 6.08 Å². The van der Waals surface area contributed by atoms with E-state index in [1.807, 2.05) is 13.8 Å². The van der Waals surface area contributed by atoms with Crippen LogP contribution in [0.4, 0.5) is 13.2 Å². The van der Waals surface area contributed by atoms with Crippen molar-refractivity contribution in [3.05, 3.63) is 53.9 Å². The van der Waals surface area contributed by atoms with Crippen LogP contribution in [0, 0.1) is 0 Å². The van der Waals surface area contributed by atoms with Gasteiger partial charge in [-0.25, -0.2) is 0 Å². The molecule has 0 aliphatic carbocycles. The van der Waals surface area contributed by atoms with E-state index in [1.54, 1.807) is 17.0 Å². The Morgan fingerprint density at radius 3 is 2.43 bits per heavy atom. The fraction of sp³-hybridized carbons (Fsp3) is 0.250. The molecule has 0 radical (unpaired) electrons. The second kappa shape index (κ2) is 7.04. The van der Waals surface area contributed by atoms with Crippen molar-refractivity contribution in [2.45, 2.75) is 30.3 Å². The zero-order chi connectivity index (χ0) is 17.0. The molecule has 1 heterocycles. The number of ketones is 1. The number of alkyl halides is 3. The lowest BCUT2D eigenvalue weighted by molar-refractivity contribution is -0.0328. The Morgan fingerprint density at radius 1 is 1.26 bits per heavy atom. The minimum absolute atomic E-state index is 0.110. The monoisotopic (exact) mass is 340 g/mol. The maximum absolute atomic E-state index is 12.2. The Kier molecular flexibility index (Phi) is 5.30. The van der Waals surface area contributed by atoms with E-state index >= 15 is 0 Å². The lowest BCUT2D eigenvalue weighted by atomic mass is 10.1. The third-order valence-electron chi connectivity index (χ3n) is 2.96. The number of hydrogen-bond donors (Lipinski definition) is 0. The normalized spacial score (nSPS) is 12.3. The highest BCUT2D eigenvalue weighted by atomic mass is 32.2. The minimum atomic E-state index is -4.30. The summed E-state index contributed by atoms with van der Waals surface area (Å²) in [6.45, 7) is 3.91. The number of benzene rings is 1. The van der Waals surface area contributed by atoms with Gasteiger partial charge in [-0.05, 0) is 49.4 Å². The average Bonchev–Trinajstić information content (AvgIpc) is 2.94. The molecule has 0 spiro atoms. The standard InChI is InChI=1S/C16H15F3N2OS/c1-11(2)21-10-13(9-20-21)15(22)8-5-12-3-6-14(7-4-12)23-16(17,18)19/h3-11H,1-2H3. The number of thioether (sulfide) groups is 1. The van der Waals surface area contributed by atoms with Crippen molar-refractivity contribution in [2.75, 3.05) is 0 Å². The summed E-state index contributed by atoms with van der Waals surface area (Å²) in [5.41, 5.74) is -3.18. The van der Waals surface area contributed by atoms with Crippen molar-refractivity contribution in [1.29, 1.82) is 0 Å². The molecule has 0 amide bonds. The van der Waals surface area contributed by atoms with E-state index in [0.717, 1.165) is 0 Å². The van der Waals surface area contributed by atoms with Crippen molar-refractivity contribution >= 4 is 23.6 Å². The molecule has 7 heteroatoms. The Hall–Kier alpha value is -2.02. The maximum atomic E-state index is 12.2. The Morgan fingerprint density at radius 2 is 1.91 bits per heavy atom. The third kappa shape index (κ3) is 5.28. The number of allylic oxidation sites excluding steroid dienone is 1. The second-order valence-corrected chi connectivity index (χ2v) is 6.26. The summed E-state index contributed by atoms with van der Waals surface area (Å²) in [4.78, 5) is 12.1. The van der Waals surface area contributed by atoms with E-state index in [1.165, 1.54) is 36.5 Å². The Labute approximate surface area is 136 Å². The molecular weight excluding hydrogens is 325 g/mol. The van der Waals surface area contributed by atoms with Gasteiger partial charge in [-0.3, -0.25) is 9.48 Å². The Bertz CT molecular complexity index is 703. The molecule has 0 aliphatic rings. The van der Waals surface area contributed by atoms with E-state index in [9.17, 15) is 18.0 Å². The number of halogens is 3. The SMILES string of the molecule is CC(C)n1cc(C(=O)C=Cc2ccc(SC(F)(F)F)cc2)cn1. The fourth-order valence-electron chi connectivity index (χ4n) is 1.80. The number of carbonyl (C=O) groups excluding carboxylic acids is 1. The van der Waals surface area contributed by atoms with Gasteiger partial charge in [0.15, 0.2) is 5.78 Å². The van der Waals surface area contributed by atoms with Crippen LogP contribution in [0.3, 0.4) is 0 Å². The van der Waals surface area contributed by atoms with Gasteiger partial charge < -0.3 is 0 Å². The summed E-state index contributed by atoms with van der Waals surface area (Å²) in [6, 6.07) is 5.99. The molecule has 0 unspecified atom stereocenters. The van der Waals surface area contributed by atoms with Gasteiger partial charge in [0.25, 0.3) is 0 Å². The first-order valence-corrected chi connectivity index (χ1v) is 7.68. The molecule has 1 aromatic carbocycles. The van der Waals surface area contributed by atoms with Crippen molar-refractivity contribution in [3.8, 4) is 0 Å². The predicted molar refractivity (Wildman–Crippen MR) is 84.3 cm³/mol. The van der Waals surface area contributed by atoms with Crippen LogP contribution in [0.2, 0.25) is 0 Å². The van der Waals surface area contributed by atoms with Crippen LogP contribution in [-0.4, -0.2) is 21.1 Å². The molecule has 2 rings (SSSR count). The van der Waals surface area contributed by atoms with Gasteiger partial charge in [0, 0.05) is 17.1 Å². The Balaban J connectivity index is 2.03. The van der Waals surface area contributed by atoms with Crippen LogP contribution >= 0.6 is 11.8 Å². The highest BCUT2D eigenvalue weighted by molar-refractivity contribution is 8.00. The van der Waals surface area contributed by atoms with Gasteiger partial charge in [-0.15, -0.1) is 0 Å². The van der Waals surface area contributed by atoms with Crippen molar-refractivity contribution in [1.82, 2.24) is 9.78 Å². The van der Waals surface area contributed by atoms with Crippen LogP contribution in [0.5, 0.6) is 0 Å². The molecule has 0 fully saturated rings. The first-order valence-electron chi connectivity index (χ1n) is 6.87. The van der Waals surface area contributed by atoms with Crippen LogP contribution in [-0.2, 0) is 0 Å². The largest absolute Gasteiger partial charge is 0.446 e. The molecule has 0 saturated heterocycles. The summed E-state index contributed by atoms with van der Waals surface area (Å²) in [5, 5.41) is 4.09. The fourth-order valence-corrected chi connectivity index (χ4v) is 2.34. The van der Waals surface area contributed by atoms with Gasteiger partial charge in [0.05, 0.1) is 11.8 Å². The van der Waals surface area contributed by atoms with E-state index in [2.05, 4.69) is 5.10 Å². The molecule has 0 bridgehead atoms. The van der Waals surface area contributed by atoms with E-state index in [0.29, 0.717) is 11.1 Å². The topological polar surface area (TPSA) is 34.9 Å². The molecule has 1 aromatic heterocycles. The number of nitrogens with zero attached hydrogens (tertiary/aromatic N) is 2. The van der Waals surface area contributed by atoms with Gasteiger partial charge >= 0.3 is 5.51 Å². The number of aromatic nitrogens is 2. The molecule has 3 nitrogen and oxygen atoms in total. The predicted octanol–water partition coefficient (Wildman–Crippen LogP) is 4.97. The van der Waals surface area contributed by atoms with Gasteiger partial charge in [0.1, 0.15) is 0 Å². The third-order valence-corrected chi connectivity index (χ3v) is 3.70. The van der Waals surface area contributed by atoms with Crippen molar-refractivity contribution in [3.63, 3.8) is 0 Å². The summed E-state index contributed by atoms with van der Waals surface area (Å²) >= 11 is -0.166. The summed E-state index contributed by atoms with van der Waals surface area (Å²) in [7, 11) is 0. The highest BCUT2D eigenvalue weighted by Crippen LogP contribution is 2.36. The van der Waals surface area contributed by atoms with Gasteiger partial charge in [-0.1, -0.05) is 18.2 Å². The lowest BCUT2D eigenvalue weighted by Gasteiger charge is -2.05.